The van der Waals surface area contributed by atoms with Crippen molar-refractivity contribution in [2.24, 2.45) is 5.92 Å². The lowest BCUT2D eigenvalue weighted by atomic mass is 10.0. The maximum absolute atomic E-state index is 12.2. The zero-order valence-corrected chi connectivity index (χ0v) is 11.1. The molecule has 1 aliphatic heterocycles. The molecule has 0 radical (unpaired) electrons. The lowest BCUT2D eigenvalue weighted by Crippen LogP contribution is -2.28. The van der Waals surface area contributed by atoms with Gasteiger partial charge in [-0.1, -0.05) is 0 Å². The van der Waals surface area contributed by atoms with Gasteiger partial charge in [0.05, 0.1) is 12.0 Å². The molecule has 1 aliphatic rings. The Labute approximate surface area is 108 Å². The monoisotopic (exact) mass is 248 g/mol. The summed E-state index contributed by atoms with van der Waals surface area (Å²) >= 11 is 0. The summed E-state index contributed by atoms with van der Waals surface area (Å²) in [6, 6.07) is 3.74. The zero-order chi connectivity index (χ0) is 13.3. The van der Waals surface area contributed by atoms with Gasteiger partial charge in [0.15, 0.2) is 0 Å². The highest BCUT2D eigenvalue weighted by molar-refractivity contribution is 5.94. The Kier molecular flexibility index (Phi) is 3.57. The van der Waals surface area contributed by atoms with E-state index >= 15 is 0 Å². The Morgan fingerprint density at radius 2 is 2.00 bits per heavy atom. The number of rotatable bonds is 2. The average molecular weight is 248 g/mol. The third-order valence-electron chi connectivity index (χ3n) is 3.52. The fourth-order valence-corrected chi connectivity index (χ4v) is 2.49. The van der Waals surface area contributed by atoms with Crippen LogP contribution in [0, 0.1) is 19.8 Å². The SMILES string of the molecule is Cc1cc(N)cc(C)c1NC(=O)C1CCOC1C. The Bertz CT molecular complexity index is 448. The van der Waals surface area contributed by atoms with Crippen molar-refractivity contribution >= 4 is 17.3 Å². The maximum Gasteiger partial charge on any atom is 0.230 e. The minimum atomic E-state index is -0.0543. The van der Waals surface area contributed by atoms with Crippen molar-refractivity contribution in [2.45, 2.75) is 33.3 Å². The van der Waals surface area contributed by atoms with Gasteiger partial charge in [0.1, 0.15) is 0 Å². The van der Waals surface area contributed by atoms with Gasteiger partial charge >= 0.3 is 0 Å². The van der Waals surface area contributed by atoms with Crippen LogP contribution in [0.2, 0.25) is 0 Å². The molecule has 2 rings (SSSR count). The van der Waals surface area contributed by atoms with Gasteiger partial charge in [-0.05, 0) is 50.5 Å². The van der Waals surface area contributed by atoms with E-state index in [4.69, 9.17) is 10.5 Å². The highest BCUT2D eigenvalue weighted by Crippen LogP contribution is 2.26. The van der Waals surface area contributed by atoms with Crippen LogP contribution in [0.4, 0.5) is 11.4 Å². The summed E-state index contributed by atoms with van der Waals surface area (Å²) in [5, 5.41) is 3.00. The van der Waals surface area contributed by atoms with Crippen molar-refractivity contribution in [3.8, 4) is 0 Å². The van der Waals surface area contributed by atoms with E-state index in [2.05, 4.69) is 5.32 Å². The van der Waals surface area contributed by atoms with Crippen molar-refractivity contribution in [2.75, 3.05) is 17.7 Å². The Morgan fingerprint density at radius 3 is 2.50 bits per heavy atom. The number of amides is 1. The molecule has 0 saturated carbocycles. The third kappa shape index (κ3) is 2.48. The fraction of sp³-hybridized carbons (Fsp3) is 0.500. The van der Waals surface area contributed by atoms with Crippen LogP contribution in [-0.2, 0) is 9.53 Å². The number of carbonyl (C=O) groups is 1. The number of nitrogens with two attached hydrogens (primary N) is 1. The largest absolute Gasteiger partial charge is 0.399 e. The molecular weight excluding hydrogens is 228 g/mol. The summed E-state index contributed by atoms with van der Waals surface area (Å²) in [5.74, 6) is -0.0164. The number of benzene rings is 1. The van der Waals surface area contributed by atoms with Gasteiger partial charge in [-0.25, -0.2) is 0 Å². The third-order valence-corrected chi connectivity index (χ3v) is 3.52. The van der Waals surface area contributed by atoms with Crippen LogP contribution in [0.15, 0.2) is 12.1 Å². The molecule has 1 aromatic carbocycles. The molecule has 4 heteroatoms. The Morgan fingerprint density at radius 1 is 1.39 bits per heavy atom. The first-order chi connectivity index (χ1) is 8.49. The molecule has 0 spiro atoms. The highest BCUT2D eigenvalue weighted by atomic mass is 16.5. The summed E-state index contributed by atoms with van der Waals surface area (Å²) in [5.41, 5.74) is 9.35. The van der Waals surface area contributed by atoms with Crippen LogP contribution in [0.25, 0.3) is 0 Å². The molecule has 4 nitrogen and oxygen atoms in total. The smallest absolute Gasteiger partial charge is 0.230 e. The number of anilines is 2. The van der Waals surface area contributed by atoms with Gasteiger partial charge in [-0.15, -0.1) is 0 Å². The highest BCUT2D eigenvalue weighted by Gasteiger charge is 2.31. The second-order valence-corrected chi connectivity index (χ2v) is 4.99. The van der Waals surface area contributed by atoms with E-state index in [9.17, 15) is 4.79 Å². The average Bonchev–Trinajstić information content (AvgIpc) is 2.69. The van der Waals surface area contributed by atoms with E-state index in [0.717, 1.165) is 28.9 Å². The molecule has 0 aliphatic carbocycles. The Hall–Kier alpha value is -1.55. The maximum atomic E-state index is 12.2. The van der Waals surface area contributed by atoms with Gasteiger partial charge < -0.3 is 15.8 Å². The van der Waals surface area contributed by atoms with Gasteiger partial charge in [0.2, 0.25) is 5.91 Å². The van der Waals surface area contributed by atoms with Crippen molar-refractivity contribution in [1.29, 1.82) is 0 Å². The molecule has 3 N–H and O–H groups in total. The quantitative estimate of drug-likeness (QED) is 0.789. The standard InChI is InChI=1S/C14H20N2O2/c1-8-6-11(15)7-9(2)13(8)16-14(17)12-4-5-18-10(12)3/h6-7,10,12H,4-5,15H2,1-3H3,(H,16,17). The number of hydrogen-bond acceptors (Lipinski definition) is 3. The predicted molar refractivity (Wildman–Crippen MR) is 72.5 cm³/mol. The van der Waals surface area contributed by atoms with Crippen LogP contribution >= 0.6 is 0 Å². The lowest BCUT2D eigenvalue weighted by Gasteiger charge is -2.17. The minimum Gasteiger partial charge on any atom is -0.399 e. The Balaban J connectivity index is 2.17. The van der Waals surface area contributed by atoms with E-state index < -0.39 is 0 Å². The molecular formula is C14H20N2O2. The molecule has 2 atom stereocenters. The molecule has 1 heterocycles. The topological polar surface area (TPSA) is 64.3 Å². The molecule has 1 aromatic rings. The van der Waals surface area contributed by atoms with Crippen LogP contribution in [0.5, 0.6) is 0 Å². The van der Waals surface area contributed by atoms with Crippen LogP contribution in [-0.4, -0.2) is 18.6 Å². The van der Waals surface area contributed by atoms with Crippen LogP contribution in [0.3, 0.4) is 0 Å². The molecule has 18 heavy (non-hydrogen) atoms. The van der Waals surface area contributed by atoms with E-state index in [-0.39, 0.29) is 17.9 Å². The first-order valence-corrected chi connectivity index (χ1v) is 6.28. The summed E-state index contributed by atoms with van der Waals surface area (Å²) in [6.07, 6.45) is 0.791. The van der Waals surface area contributed by atoms with Crippen LogP contribution in [0.1, 0.15) is 24.5 Å². The minimum absolute atomic E-state index is 0.000561. The summed E-state index contributed by atoms with van der Waals surface area (Å²) in [7, 11) is 0. The normalized spacial score (nSPS) is 23.1. The number of ether oxygens (including phenoxy) is 1. The second kappa shape index (κ2) is 4.98. The van der Waals surface area contributed by atoms with E-state index in [1.807, 2.05) is 32.9 Å². The number of carbonyl (C=O) groups excluding carboxylic acids is 1. The molecule has 0 bridgehead atoms. The number of nitrogen functional groups attached to an aromatic ring is 1. The van der Waals surface area contributed by atoms with Crippen molar-refractivity contribution in [3.05, 3.63) is 23.3 Å². The summed E-state index contributed by atoms with van der Waals surface area (Å²) < 4.78 is 5.42. The van der Waals surface area contributed by atoms with Gasteiger partial charge in [-0.2, -0.15) is 0 Å². The molecule has 0 aromatic heterocycles. The molecule has 2 unspecified atom stereocenters. The van der Waals surface area contributed by atoms with Crippen molar-refractivity contribution in [1.82, 2.24) is 0 Å². The first-order valence-electron chi connectivity index (χ1n) is 6.28. The molecule has 1 amide bonds. The van der Waals surface area contributed by atoms with Gasteiger partial charge in [-0.3, -0.25) is 4.79 Å². The summed E-state index contributed by atoms with van der Waals surface area (Å²) in [6.45, 7) is 6.51. The van der Waals surface area contributed by atoms with Gasteiger partial charge in [0, 0.05) is 18.0 Å². The molecule has 1 saturated heterocycles. The number of aryl methyl sites for hydroxylation is 2. The lowest BCUT2D eigenvalue weighted by molar-refractivity contribution is -0.121. The summed E-state index contributed by atoms with van der Waals surface area (Å²) in [4.78, 5) is 12.2. The zero-order valence-electron chi connectivity index (χ0n) is 11.1. The molecule has 98 valence electrons. The van der Waals surface area contributed by atoms with Crippen molar-refractivity contribution < 1.29 is 9.53 Å². The van der Waals surface area contributed by atoms with Crippen molar-refractivity contribution in [3.63, 3.8) is 0 Å². The van der Waals surface area contributed by atoms with E-state index in [1.54, 1.807) is 0 Å². The fourth-order valence-electron chi connectivity index (χ4n) is 2.49. The second-order valence-electron chi connectivity index (χ2n) is 4.99. The molecule has 1 fully saturated rings. The number of nitrogens with one attached hydrogen (secondary N) is 1. The first kappa shape index (κ1) is 12.9. The van der Waals surface area contributed by atoms with E-state index in [1.165, 1.54) is 0 Å². The van der Waals surface area contributed by atoms with E-state index in [0.29, 0.717) is 6.61 Å². The number of hydrogen-bond donors (Lipinski definition) is 2. The predicted octanol–water partition coefficient (Wildman–Crippen LogP) is 2.25. The van der Waals surface area contributed by atoms with Gasteiger partial charge in [0.25, 0.3) is 0 Å². The van der Waals surface area contributed by atoms with Crippen LogP contribution < -0.4 is 11.1 Å².